The van der Waals surface area contributed by atoms with Gasteiger partial charge in [0.2, 0.25) is 0 Å². The van der Waals surface area contributed by atoms with Gasteiger partial charge in [-0.15, -0.1) is 0 Å². The maximum absolute atomic E-state index is 10.5. The first-order chi connectivity index (χ1) is 8.02. The fourth-order valence-corrected chi connectivity index (χ4v) is 2.76. The van der Waals surface area contributed by atoms with Gasteiger partial charge < -0.3 is 14.6 Å². The summed E-state index contributed by atoms with van der Waals surface area (Å²) in [5, 5.41) is 10.5. The standard InChI is InChI=1S/C15H28O3/c1-12(9-13(2,3)4)10-14(5,16)11-15(6)17-7-8-18-15/h16H,1,7-11H2,2-6H3. The monoisotopic (exact) mass is 256 g/mol. The van der Waals surface area contributed by atoms with E-state index in [1.54, 1.807) is 0 Å². The predicted molar refractivity (Wildman–Crippen MR) is 73.4 cm³/mol. The molecule has 0 aromatic heterocycles. The van der Waals surface area contributed by atoms with Gasteiger partial charge in [0.1, 0.15) is 0 Å². The molecular weight excluding hydrogens is 228 g/mol. The lowest BCUT2D eigenvalue weighted by Crippen LogP contribution is -2.38. The SMILES string of the molecule is C=C(CC(C)(C)C)CC(C)(O)CC1(C)OCCO1. The molecular formula is C15H28O3. The summed E-state index contributed by atoms with van der Waals surface area (Å²) in [5.41, 5.74) is 0.452. The summed E-state index contributed by atoms with van der Waals surface area (Å²) in [6, 6.07) is 0. The van der Waals surface area contributed by atoms with Gasteiger partial charge in [0.15, 0.2) is 5.79 Å². The molecule has 0 amide bonds. The highest BCUT2D eigenvalue weighted by molar-refractivity contribution is 5.03. The van der Waals surface area contributed by atoms with Crippen molar-refractivity contribution >= 4 is 0 Å². The van der Waals surface area contributed by atoms with E-state index in [0.29, 0.717) is 26.1 Å². The Bertz CT molecular complexity index is 293. The van der Waals surface area contributed by atoms with Crippen LogP contribution in [0.1, 0.15) is 53.9 Å². The highest BCUT2D eigenvalue weighted by Gasteiger charge is 2.38. The zero-order chi connectivity index (χ0) is 14.0. The molecule has 1 heterocycles. The van der Waals surface area contributed by atoms with Gasteiger partial charge in [0.05, 0.1) is 18.8 Å². The molecule has 1 unspecified atom stereocenters. The van der Waals surface area contributed by atoms with Crippen molar-refractivity contribution in [2.24, 2.45) is 5.41 Å². The Kier molecular flexibility index (Phi) is 4.63. The van der Waals surface area contributed by atoms with Crippen molar-refractivity contribution in [2.75, 3.05) is 13.2 Å². The summed E-state index contributed by atoms with van der Waals surface area (Å²) in [7, 11) is 0. The average Bonchev–Trinajstić information content (AvgIpc) is 2.44. The molecule has 3 heteroatoms. The van der Waals surface area contributed by atoms with E-state index in [9.17, 15) is 5.11 Å². The summed E-state index contributed by atoms with van der Waals surface area (Å²) in [4.78, 5) is 0. The van der Waals surface area contributed by atoms with Crippen molar-refractivity contribution in [3.05, 3.63) is 12.2 Å². The van der Waals surface area contributed by atoms with E-state index in [2.05, 4.69) is 27.4 Å². The molecule has 106 valence electrons. The molecule has 0 aromatic carbocycles. The van der Waals surface area contributed by atoms with E-state index in [-0.39, 0.29) is 5.41 Å². The highest BCUT2D eigenvalue weighted by atomic mass is 16.7. The number of aliphatic hydroxyl groups is 1. The van der Waals surface area contributed by atoms with Gasteiger partial charge in [-0.05, 0) is 32.1 Å². The molecule has 3 nitrogen and oxygen atoms in total. The average molecular weight is 256 g/mol. The fraction of sp³-hybridized carbons (Fsp3) is 0.867. The normalized spacial score (nSPS) is 22.8. The molecule has 0 aromatic rings. The van der Waals surface area contributed by atoms with Crippen LogP contribution in [0.3, 0.4) is 0 Å². The van der Waals surface area contributed by atoms with Gasteiger partial charge in [-0.1, -0.05) is 32.9 Å². The van der Waals surface area contributed by atoms with Crippen LogP contribution in [0.4, 0.5) is 0 Å². The Morgan fingerprint density at radius 1 is 1.17 bits per heavy atom. The first-order valence-electron chi connectivity index (χ1n) is 6.68. The number of rotatable bonds is 5. The molecule has 0 spiro atoms. The van der Waals surface area contributed by atoms with Crippen LogP contribution >= 0.6 is 0 Å². The molecule has 1 N–H and O–H groups in total. The van der Waals surface area contributed by atoms with Gasteiger partial charge in [-0.25, -0.2) is 0 Å². The highest BCUT2D eigenvalue weighted by Crippen LogP contribution is 2.34. The van der Waals surface area contributed by atoms with E-state index in [0.717, 1.165) is 12.0 Å². The molecule has 0 bridgehead atoms. The van der Waals surface area contributed by atoms with Crippen LogP contribution in [0.25, 0.3) is 0 Å². The topological polar surface area (TPSA) is 38.7 Å². The van der Waals surface area contributed by atoms with E-state index in [1.807, 2.05) is 13.8 Å². The quantitative estimate of drug-likeness (QED) is 0.767. The van der Waals surface area contributed by atoms with E-state index >= 15 is 0 Å². The number of hydrogen-bond acceptors (Lipinski definition) is 3. The zero-order valence-electron chi connectivity index (χ0n) is 12.5. The van der Waals surface area contributed by atoms with Gasteiger partial charge in [0.25, 0.3) is 0 Å². The van der Waals surface area contributed by atoms with Crippen molar-refractivity contribution in [3.63, 3.8) is 0 Å². The fourth-order valence-electron chi connectivity index (χ4n) is 2.76. The number of ether oxygens (including phenoxy) is 2. The van der Waals surface area contributed by atoms with Crippen LogP contribution in [0.15, 0.2) is 12.2 Å². The van der Waals surface area contributed by atoms with Crippen LogP contribution in [0.2, 0.25) is 0 Å². The summed E-state index contributed by atoms with van der Waals surface area (Å²) < 4.78 is 11.1. The summed E-state index contributed by atoms with van der Waals surface area (Å²) in [6.07, 6.45) is 1.98. The maximum atomic E-state index is 10.5. The van der Waals surface area contributed by atoms with E-state index in [1.165, 1.54) is 0 Å². The third-order valence-corrected chi connectivity index (χ3v) is 3.01. The van der Waals surface area contributed by atoms with Gasteiger partial charge in [-0.2, -0.15) is 0 Å². The Morgan fingerprint density at radius 3 is 2.11 bits per heavy atom. The minimum atomic E-state index is -0.832. The maximum Gasteiger partial charge on any atom is 0.168 e. The third kappa shape index (κ3) is 5.51. The van der Waals surface area contributed by atoms with Crippen molar-refractivity contribution in [1.82, 2.24) is 0 Å². The first kappa shape index (κ1) is 15.7. The van der Waals surface area contributed by atoms with Crippen LogP contribution in [-0.4, -0.2) is 29.7 Å². The summed E-state index contributed by atoms with van der Waals surface area (Å²) in [6.45, 7) is 15.5. The predicted octanol–water partition coefficient (Wildman–Crippen LogP) is 3.27. The minimum Gasteiger partial charge on any atom is -0.390 e. The van der Waals surface area contributed by atoms with Crippen molar-refractivity contribution in [2.45, 2.75) is 65.3 Å². The van der Waals surface area contributed by atoms with Crippen LogP contribution in [0.5, 0.6) is 0 Å². The second-order valence-corrected chi connectivity index (χ2v) is 7.17. The molecule has 0 radical (unpaired) electrons. The Hall–Kier alpha value is -0.380. The van der Waals surface area contributed by atoms with Crippen molar-refractivity contribution < 1.29 is 14.6 Å². The first-order valence-corrected chi connectivity index (χ1v) is 6.68. The molecule has 1 fully saturated rings. The Balaban J connectivity index is 2.51. The Labute approximate surface area is 111 Å². The minimum absolute atomic E-state index is 0.206. The van der Waals surface area contributed by atoms with Crippen molar-refractivity contribution in [3.8, 4) is 0 Å². The molecule has 1 saturated heterocycles. The Morgan fingerprint density at radius 2 is 1.67 bits per heavy atom. The zero-order valence-corrected chi connectivity index (χ0v) is 12.5. The van der Waals surface area contributed by atoms with Crippen LogP contribution in [0, 0.1) is 5.41 Å². The number of hydrogen-bond donors (Lipinski definition) is 1. The van der Waals surface area contributed by atoms with Gasteiger partial charge >= 0.3 is 0 Å². The lowest BCUT2D eigenvalue weighted by Gasteiger charge is -2.33. The van der Waals surface area contributed by atoms with Crippen LogP contribution < -0.4 is 0 Å². The summed E-state index contributed by atoms with van der Waals surface area (Å²) >= 11 is 0. The molecule has 1 aliphatic rings. The second kappa shape index (κ2) is 5.32. The molecule has 1 rings (SSSR count). The molecule has 1 aliphatic heterocycles. The third-order valence-electron chi connectivity index (χ3n) is 3.01. The molecule has 0 saturated carbocycles. The largest absolute Gasteiger partial charge is 0.390 e. The molecule has 0 aliphatic carbocycles. The van der Waals surface area contributed by atoms with Crippen molar-refractivity contribution in [1.29, 1.82) is 0 Å². The molecule has 1 atom stereocenters. The van der Waals surface area contributed by atoms with Gasteiger partial charge in [-0.3, -0.25) is 0 Å². The van der Waals surface area contributed by atoms with Crippen LogP contribution in [-0.2, 0) is 9.47 Å². The lowest BCUT2D eigenvalue weighted by atomic mass is 9.82. The summed E-state index contributed by atoms with van der Waals surface area (Å²) in [5.74, 6) is -0.647. The lowest BCUT2D eigenvalue weighted by molar-refractivity contribution is -0.178. The van der Waals surface area contributed by atoms with E-state index in [4.69, 9.17) is 9.47 Å². The van der Waals surface area contributed by atoms with Gasteiger partial charge in [0, 0.05) is 6.42 Å². The smallest absolute Gasteiger partial charge is 0.168 e. The van der Waals surface area contributed by atoms with E-state index < -0.39 is 11.4 Å². The molecule has 18 heavy (non-hydrogen) atoms. The second-order valence-electron chi connectivity index (χ2n) is 7.17.